The summed E-state index contributed by atoms with van der Waals surface area (Å²) in [4.78, 5) is 50.5. The number of amides is 2. The number of halogens is 2. The topological polar surface area (TPSA) is 233 Å². The number of carboxylic acid groups (broad SMARTS) is 1. The van der Waals surface area contributed by atoms with E-state index in [0.29, 0.717) is 78.4 Å². The van der Waals surface area contributed by atoms with Gasteiger partial charge >= 0.3 is 5.97 Å². The number of hydrogen-bond donors (Lipinski definition) is 4. The molecule has 6 saturated carbocycles. The summed E-state index contributed by atoms with van der Waals surface area (Å²) in [6, 6.07) is 31.0. The first kappa shape index (κ1) is 54.6. The minimum atomic E-state index is -3.46. The van der Waals surface area contributed by atoms with Crippen molar-refractivity contribution >= 4 is 65.2 Å². The number of sulfone groups is 2. The number of Topliss-reactive ketones (excluding diaryl/α,β-unsaturated/α-hetero) is 1. The third-order valence-corrected chi connectivity index (χ3v) is 17.2. The van der Waals surface area contributed by atoms with E-state index in [0.717, 1.165) is 43.6 Å². The lowest BCUT2D eigenvalue weighted by Gasteiger charge is -2.62. The van der Waals surface area contributed by atoms with Gasteiger partial charge < -0.3 is 30.3 Å². The van der Waals surface area contributed by atoms with Gasteiger partial charge in [-0.2, -0.15) is 0 Å². The largest absolute Gasteiger partial charge is 0.478 e. The molecule has 0 aliphatic heterocycles. The number of carboxylic acids is 1. The lowest BCUT2D eigenvalue weighted by Crippen LogP contribution is -2.64. The summed E-state index contributed by atoms with van der Waals surface area (Å²) in [5.74, 6) is -1.000. The zero-order valence-corrected chi connectivity index (χ0v) is 45.4. The number of hydrogen-bond acceptors (Lipinski definition) is 11. The van der Waals surface area contributed by atoms with Crippen LogP contribution < -0.4 is 16.4 Å². The fourth-order valence-electron chi connectivity index (χ4n) is 11.6. The van der Waals surface area contributed by atoms with E-state index in [4.69, 9.17) is 14.6 Å². The van der Waals surface area contributed by atoms with Crippen LogP contribution in [0.25, 0.3) is 66.8 Å². The van der Waals surface area contributed by atoms with Gasteiger partial charge in [0.1, 0.15) is 34.3 Å². The lowest BCUT2D eigenvalue weighted by molar-refractivity contribution is -0.103. The van der Waals surface area contributed by atoms with E-state index in [1.54, 1.807) is 54.6 Å². The third-order valence-electron chi connectivity index (χ3n) is 15.5. The molecule has 14 rings (SSSR count). The number of benzene rings is 6. The van der Waals surface area contributed by atoms with E-state index in [-0.39, 0.29) is 56.5 Å². The predicted octanol–water partition coefficient (Wildman–Crippen LogP) is 11.2. The fourth-order valence-corrected chi connectivity index (χ4v) is 13.2. The highest BCUT2D eigenvalue weighted by Crippen LogP contribution is 2.66. The van der Waals surface area contributed by atoms with Crippen molar-refractivity contribution < 1.29 is 58.7 Å². The van der Waals surface area contributed by atoms with Crippen LogP contribution in [0.4, 0.5) is 8.78 Å². The second-order valence-corrected chi connectivity index (χ2v) is 26.1. The second-order valence-electron chi connectivity index (χ2n) is 21.8. The number of ketones is 1. The minimum absolute atomic E-state index is 0.0358. The van der Waals surface area contributed by atoms with Crippen LogP contribution in [-0.4, -0.2) is 77.7 Å². The molecule has 2 heterocycles. The summed E-state index contributed by atoms with van der Waals surface area (Å²) in [5.41, 5.74) is 12.0. The van der Waals surface area contributed by atoms with Gasteiger partial charge in [0.2, 0.25) is 0 Å². The number of carbonyl (C=O) groups is 4. The molecule has 0 radical (unpaired) electrons. The molecule has 2 amide bonds. The van der Waals surface area contributed by atoms with E-state index >= 15 is 0 Å². The molecule has 79 heavy (non-hydrogen) atoms. The molecule has 6 aromatic carbocycles. The number of fused-ring (bicyclic) bond motifs is 2. The average molecular weight is 1110 g/mol. The number of furan rings is 2. The Balaban J connectivity index is 0.000000161. The van der Waals surface area contributed by atoms with Gasteiger partial charge in [-0.05, 0) is 180 Å². The van der Waals surface area contributed by atoms with Crippen molar-refractivity contribution in [2.75, 3.05) is 26.6 Å². The predicted molar refractivity (Wildman–Crippen MR) is 298 cm³/mol. The van der Waals surface area contributed by atoms with Crippen LogP contribution in [-0.2, 0) is 31.2 Å². The molecule has 0 saturated heterocycles. The molecule has 6 fully saturated rings. The molecule has 18 heteroatoms. The first-order valence-electron chi connectivity index (χ1n) is 25.7. The number of nitrogens with two attached hydrogens (primary N) is 1. The van der Waals surface area contributed by atoms with E-state index < -0.39 is 49.1 Å². The number of nitrogens with one attached hydrogen (secondary N) is 2. The Morgan fingerprint density at radius 2 is 0.975 bits per heavy atom. The molecule has 6 aliphatic rings. The molecule has 8 aromatic rings. The SMILES string of the molecule is CNC(=O)c1c(-c2ccc(F)cc2)oc2cc(CS(C)(=O)=O)c(-c3cccc(C(=O)CC45CC(C4)C5)c3)cc12.CNC(=O)c1c(-c2ccc(F)cc2)oc2cc(CS(C)(=O)=O)c(-c3cccc(C(=O)O)c3)cc12.NC12CC(C1)C2. The van der Waals surface area contributed by atoms with Gasteiger partial charge in [0.25, 0.3) is 11.8 Å². The summed E-state index contributed by atoms with van der Waals surface area (Å²) < 4.78 is 88.2. The number of carbonyl (C=O) groups excluding carboxylic acids is 3. The highest BCUT2D eigenvalue weighted by molar-refractivity contribution is 7.90. The summed E-state index contributed by atoms with van der Waals surface area (Å²) in [6.45, 7) is 0. The van der Waals surface area contributed by atoms with Gasteiger partial charge in [0.15, 0.2) is 25.5 Å². The van der Waals surface area contributed by atoms with Crippen LogP contribution in [0.1, 0.15) is 97.5 Å². The molecule has 0 spiro atoms. The van der Waals surface area contributed by atoms with Gasteiger partial charge in [0, 0.05) is 66.0 Å². The molecule has 14 nitrogen and oxygen atoms in total. The van der Waals surface area contributed by atoms with Gasteiger partial charge in [-0.25, -0.2) is 30.4 Å². The molecular weight excluding hydrogens is 1050 g/mol. The van der Waals surface area contributed by atoms with E-state index in [1.165, 1.54) is 94.0 Å². The fraction of sp³-hybridized carbons (Fsp3) is 0.279. The van der Waals surface area contributed by atoms with Crippen molar-refractivity contribution in [1.29, 1.82) is 0 Å². The van der Waals surface area contributed by atoms with Gasteiger partial charge in [-0.1, -0.05) is 30.3 Å². The van der Waals surface area contributed by atoms with E-state index in [9.17, 15) is 49.9 Å². The van der Waals surface area contributed by atoms with Gasteiger partial charge in [-0.15, -0.1) is 0 Å². The van der Waals surface area contributed by atoms with Crippen LogP contribution in [0.15, 0.2) is 130 Å². The summed E-state index contributed by atoms with van der Waals surface area (Å²) in [5, 5.41) is 15.5. The first-order chi connectivity index (χ1) is 37.4. The summed E-state index contributed by atoms with van der Waals surface area (Å²) in [7, 11) is -3.92. The van der Waals surface area contributed by atoms with Crippen LogP contribution in [0.3, 0.4) is 0 Å². The van der Waals surface area contributed by atoms with Gasteiger partial charge in [-0.3, -0.25) is 14.4 Å². The van der Waals surface area contributed by atoms with Crippen molar-refractivity contribution in [1.82, 2.24) is 10.6 Å². The van der Waals surface area contributed by atoms with Crippen LogP contribution in [0.2, 0.25) is 0 Å². The van der Waals surface area contributed by atoms with E-state index in [2.05, 4.69) is 10.6 Å². The highest BCUT2D eigenvalue weighted by Gasteiger charge is 2.57. The zero-order chi connectivity index (χ0) is 56.3. The van der Waals surface area contributed by atoms with Crippen LogP contribution in [0, 0.1) is 28.9 Å². The van der Waals surface area contributed by atoms with E-state index in [1.807, 2.05) is 6.07 Å². The maximum absolute atomic E-state index is 13.6. The van der Waals surface area contributed by atoms with Crippen molar-refractivity contribution in [2.24, 2.45) is 23.0 Å². The second kappa shape index (κ2) is 20.8. The molecule has 6 aliphatic carbocycles. The molecule has 2 aromatic heterocycles. The summed E-state index contributed by atoms with van der Waals surface area (Å²) in [6.07, 6.45) is 10.2. The van der Waals surface area contributed by atoms with Crippen molar-refractivity contribution in [3.8, 4) is 44.9 Å². The number of rotatable bonds is 14. The molecule has 408 valence electrons. The highest BCUT2D eigenvalue weighted by atomic mass is 32.2. The Morgan fingerprint density at radius 3 is 1.32 bits per heavy atom. The Morgan fingerprint density at radius 1 is 0.582 bits per heavy atom. The van der Waals surface area contributed by atoms with Crippen molar-refractivity contribution in [3.63, 3.8) is 0 Å². The third kappa shape index (κ3) is 11.4. The Hall–Kier alpha value is -7.80. The molecule has 5 N–H and O–H groups in total. The zero-order valence-electron chi connectivity index (χ0n) is 43.7. The summed E-state index contributed by atoms with van der Waals surface area (Å²) >= 11 is 0. The maximum atomic E-state index is 13.6. The quantitative estimate of drug-likeness (QED) is 0.0745. The Bertz CT molecular complexity index is 3980. The smallest absolute Gasteiger partial charge is 0.335 e. The number of aromatic carboxylic acids is 1. The lowest BCUT2D eigenvalue weighted by atomic mass is 9.43. The van der Waals surface area contributed by atoms with Crippen molar-refractivity contribution in [3.05, 3.63) is 166 Å². The molecule has 0 atom stereocenters. The first-order valence-corrected chi connectivity index (χ1v) is 29.8. The minimum Gasteiger partial charge on any atom is -0.478 e. The molecule has 4 bridgehead atoms. The average Bonchev–Trinajstić information content (AvgIpc) is 4.04. The molecule has 0 unspecified atom stereocenters. The normalized spacial score (nSPS) is 19.5. The van der Waals surface area contributed by atoms with Gasteiger partial charge in [0.05, 0.1) is 28.2 Å². The Kier molecular flexibility index (Phi) is 14.3. The van der Waals surface area contributed by atoms with Crippen molar-refractivity contribution in [2.45, 2.75) is 62.0 Å². The monoisotopic (exact) mass is 1110 g/mol. The van der Waals surface area contributed by atoms with Crippen LogP contribution >= 0.6 is 0 Å². The maximum Gasteiger partial charge on any atom is 0.335 e. The van der Waals surface area contributed by atoms with Crippen LogP contribution in [0.5, 0.6) is 0 Å². The Labute approximate surface area is 455 Å². The standard InChI is InChI=1S/C31H28FNO5S.C25H20FNO6S.C5H9N/c1-33-30(35)28-25-12-24(20-4-3-5-21(10-20)26(34)16-31-13-18(14-31)15-31)22(17-39(2,36)37)11-27(25)38-29(28)19-6-8-23(32)9-7-19;1-27-24(28)22-20-12-19(15-4-3-5-16(10-15)25(29)30)17(13-34(2,31)32)11-21(20)33-23(22)14-6-8-18(26)9-7-14;6-5-1-4(2-5)3-5/h3-12,18H,13-17H2,1-2H3,(H,33,35);3-12H,13H2,1-2H3,(H,27,28)(H,29,30);4H,1-3,6H2. The molecular formula is C61H57F2N3O11S2.